The molecule has 3 rings (SSSR count). The van der Waals surface area contributed by atoms with Crippen molar-refractivity contribution in [2.45, 2.75) is 17.4 Å². The second-order valence-corrected chi connectivity index (χ2v) is 7.55. The van der Waals surface area contributed by atoms with Crippen molar-refractivity contribution in [1.82, 2.24) is 10.0 Å². The molecule has 0 radical (unpaired) electrons. The molecule has 1 aliphatic heterocycles. The van der Waals surface area contributed by atoms with Crippen LogP contribution < -0.4 is 10.0 Å². The minimum atomic E-state index is -3.96. The summed E-state index contributed by atoms with van der Waals surface area (Å²) in [5.74, 6) is -0.820. The Balaban J connectivity index is 0.00000208. The van der Waals surface area contributed by atoms with Crippen LogP contribution >= 0.6 is 24.0 Å². The fraction of sp³-hybridized carbons (Fsp3) is 0.250. The van der Waals surface area contributed by atoms with Gasteiger partial charge in [-0.25, -0.2) is 17.5 Å². The molecule has 0 aromatic heterocycles. The number of rotatable bonds is 4. The maximum atomic E-state index is 13.8. The molecule has 0 saturated carbocycles. The Hall–Kier alpha value is -1.18. The molecule has 0 amide bonds. The van der Waals surface area contributed by atoms with Crippen LogP contribution in [0.2, 0.25) is 5.02 Å². The Bertz CT molecular complexity index is 831. The third-order valence-corrected chi connectivity index (χ3v) is 5.55. The van der Waals surface area contributed by atoms with E-state index in [1.165, 1.54) is 11.6 Å². The van der Waals surface area contributed by atoms with Crippen molar-refractivity contribution >= 4 is 34.0 Å². The van der Waals surface area contributed by atoms with Gasteiger partial charge in [-0.15, -0.1) is 12.4 Å². The zero-order valence-corrected chi connectivity index (χ0v) is 15.0. The van der Waals surface area contributed by atoms with Crippen LogP contribution in [0.15, 0.2) is 47.4 Å². The second-order valence-electron chi connectivity index (χ2n) is 5.38. The minimum absolute atomic E-state index is 0. The molecule has 130 valence electrons. The minimum Gasteiger partial charge on any atom is -0.308 e. The van der Waals surface area contributed by atoms with Crippen LogP contribution in [-0.4, -0.2) is 21.5 Å². The SMILES string of the molecule is Cl.O=S(=O)(NCC1NCCc2ccccc21)c1cc(Cl)ccc1F. The molecule has 0 aliphatic carbocycles. The van der Waals surface area contributed by atoms with Crippen LogP contribution in [0, 0.1) is 5.82 Å². The lowest BCUT2D eigenvalue weighted by atomic mass is 9.95. The van der Waals surface area contributed by atoms with E-state index in [0.29, 0.717) is 0 Å². The van der Waals surface area contributed by atoms with Gasteiger partial charge in [-0.2, -0.15) is 0 Å². The first-order chi connectivity index (χ1) is 11.0. The van der Waals surface area contributed by atoms with Gasteiger partial charge in [0, 0.05) is 17.6 Å². The average molecular weight is 391 g/mol. The molecule has 2 aromatic rings. The number of hydrogen-bond donors (Lipinski definition) is 2. The number of benzene rings is 2. The summed E-state index contributed by atoms with van der Waals surface area (Å²) >= 11 is 5.77. The first-order valence-electron chi connectivity index (χ1n) is 7.23. The fourth-order valence-corrected chi connectivity index (χ4v) is 4.11. The van der Waals surface area contributed by atoms with Crippen molar-refractivity contribution < 1.29 is 12.8 Å². The Labute approximate surface area is 151 Å². The van der Waals surface area contributed by atoms with Gasteiger partial charge in [0.1, 0.15) is 10.7 Å². The molecule has 4 nitrogen and oxygen atoms in total. The highest BCUT2D eigenvalue weighted by atomic mass is 35.5. The molecule has 0 fully saturated rings. The summed E-state index contributed by atoms with van der Waals surface area (Å²) in [5, 5.41) is 3.45. The number of fused-ring (bicyclic) bond motifs is 1. The normalized spacial score (nSPS) is 17.0. The maximum absolute atomic E-state index is 13.8. The molecule has 24 heavy (non-hydrogen) atoms. The van der Waals surface area contributed by atoms with Crippen molar-refractivity contribution in [2.24, 2.45) is 0 Å². The molecule has 1 aliphatic rings. The number of hydrogen-bond acceptors (Lipinski definition) is 3. The van der Waals surface area contributed by atoms with Gasteiger partial charge in [0.15, 0.2) is 0 Å². The predicted molar refractivity (Wildman–Crippen MR) is 94.7 cm³/mol. The summed E-state index contributed by atoms with van der Waals surface area (Å²) in [7, 11) is -3.96. The quantitative estimate of drug-likeness (QED) is 0.843. The molecule has 8 heteroatoms. The largest absolute Gasteiger partial charge is 0.308 e. The van der Waals surface area contributed by atoms with Gasteiger partial charge in [0.05, 0.1) is 0 Å². The third-order valence-electron chi connectivity index (χ3n) is 3.88. The van der Waals surface area contributed by atoms with Gasteiger partial charge in [-0.3, -0.25) is 0 Å². The molecule has 1 heterocycles. The smallest absolute Gasteiger partial charge is 0.243 e. The van der Waals surface area contributed by atoms with Gasteiger partial charge in [0.25, 0.3) is 0 Å². The van der Waals surface area contributed by atoms with E-state index in [-0.39, 0.29) is 30.0 Å². The fourth-order valence-electron chi connectivity index (χ4n) is 2.73. The van der Waals surface area contributed by atoms with Gasteiger partial charge < -0.3 is 5.32 Å². The van der Waals surface area contributed by atoms with Crippen molar-refractivity contribution in [1.29, 1.82) is 0 Å². The van der Waals surface area contributed by atoms with Crippen molar-refractivity contribution in [3.8, 4) is 0 Å². The molecular formula is C16H17Cl2FN2O2S. The lowest BCUT2D eigenvalue weighted by Crippen LogP contribution is -2.39. The molecule has 2 aromatic carbocycles. The molecule has 0 saturated heterocycles. The number of nitrogens with one attached hydrogen (secondary N) is 2. The molecule has 1 atom stereocenters. The van der Waals surface area contributed by atoms with Crippen LogP contribution in [-0.2, 0) is 16.4 Å². The summed E-state index contributed by atoms with van der Waals surface area (Å²) in [5.41, 5.74) is 2.26. The summed E-state index contributed by atoms with van der Waals surface area (Å²) < 4.78 is 40.9. The van der Waals surface area contributed by atoms with Crippen molar-refractivity contribution in [3.05, 3.63) is 64.4 Å². The Morgan fingerprint density at radius 3 is 2.79 bits per heavy atom. The van der Waals surface area contributed by atoms with E-state index >= 15 is 0 Å². The number of sulfonamides is 1. The standard InChI is InChI=1S/C16H16ClFN2O2S.ClH/c17-12-5-6-14(18)16(9-12)23(21,22)20-10-15-13-4-2-1-3-11(13)7-8-19-15;/h1-6,9,15,19-20H,7-8,10H2;1H. The van der Waals surface area contributed by atoms with Crippen molar-refractivity contribution in [3.63, 3.8) is 0 Å². The molecule has 2 N–H and O–H groups in total. The molecule has 1 unspecified atom stereocenters. The van der Waals surface area contributed by atoms with E-state index in [0.717, 1.165) is 30.7 Å². The zero-order chi connectivity index (χ0) is 16.4. The van der Waals surface area contributed by atoms with E-state index < -0.39 is 20.7 Å². The highest BCUT2D eigenvalue weighted by Crippen LogP contribution is 2.23. The van der Waals surface area contributed by atoms with Crippen LogP contribution in [0.3, 0.4) is 0 Å². The van der Waals surface area contributed by atoms with Gasteiger partial charge in [-0.1, -0.05) is 35.9 Å². The van der Waals surface area contributed by atoms with Crippen LogP contribution in [0.5, 0.6) is 0 Å². The lowest BCUT2D eigenvalue weighted by molar-refractivity contribution is 0.489. The van der Waals surface area contributed by atoms with Crippen LogP contribution in [0.1, 0.15) is 17.2 Å². The van der Waals surface area contributed by atoms with Crippen molar-refractivity contribution in [2.75, 3.05) is 13.1 Å². The first kappa shape index (κ1) is 19.1. The summed E-state index contributed by atoms with van der Waals surface area (Å²) in [6.07, 6.45) is 0.905. The topological polar surface area (TPSA) is 58.2 Å². The van der Waals surface area contributed by atoms with E-state index in [2.05, 4.69) is 10.0 Å². The first-order valence-corrected chi connectivity index (χ1v) is 9.09. The summed E-state index contributed by atoms with van der Waals surface area (Å²) in [4.78, 5) is -0.436. The number of halogens is 3. The highest BCUT2D eigenvalue weighted by Gasteiger charge is 2.24. The zero-order valence-electron chi connectivity index (χ0n) is 12.6. The Kier molecular flexibility index (Phi) is 6.22. The highest BCUT2D eigenvalue weighted by molar-refractivity contribution is 7.89. The Morgan fingerprint density at radius 2 is 2.00 bits per heavy atom. The van der Waals surface area contributed by atoms with E-state index in [1.807, 2.05) is 24.3 Å². The van der Waals surface area contributed by atoms with Gasteiger partial charge in [-0.05, 0) is 42.3 Å². The molecule has 0 spiro atoms. The average Bonchev–Trinajstić information content (AvgIpc) is 2.55. The second kappa shape index (κ2) is 7.80. The monoisotopic (exact) mass is 390 g/mol. The predicted octanol–water partition coefficient (Wildman–Crippen LogP) is 3.07. The van der Waals surface area contributed by atoms with E-state index in [1.54, 1.807) is 0 Å². The molecule has 0 bridgehead atoms. The van der Waals surface area contributed by atoms with E-state index in [9.17, 15) is 12.8 Å². The summed E-state index contributed by atoms with van der Waals surface area (Å²) in [6.45, 7) is 0.917. The maximum Gasteiger partial charge on any atom is 0.243 e. The van der Waals surface area contributed by atoms with Gasteiger partial charge in [0.2, 0.25) is 10.0 Å². The third kappa shape index (κ3) is 4.07. The van der Waals surface area contributed by atoms with E-state index in [4.69, 9.17) is 11.6 Å². The summed E-state index contributed by atoms with van der Waals surface area (Å²) in [6, 6.07) is 11.2. The molecular weight excluding hydrogens is 374 g/mol. The lowest BCUT2D eigenvalue weighted by Gasteiger charge is -2.27. The van der Waals surface area contributed by atoms with Crippen LogP contribution in [0.25, 0.3) is 0 Å². The van der Waals surface area contributed by atoms with Crippen LogP contribution in [0.4, 0.5) is 4.39 Å². The Morgan fingerprint density at radius 1 is 1.25 bits per heavy atom. The van der Waals surface area contributed by atoms with Gasteiger partial charge >= 0.3 is 0 Å².